The molecule has 2 aliphatic carbocycles. The Kier molecular flexibility index (Phi) is 5.25. The molecule has 164 valence electrons. The molecule has 3 atom stereocenters. The molecule has 0 spiro atoms. The van der Waals surface area contributed by atoms with E-state index in [4.69, 9.17) is 0 Å². The minimum atomic E-state index is 0.318. The second-order valence-electron chi connectivity index (χ2n) is 11.1. The summed E-state index contributed by atoms with van der Waals surface area (Å²) in [4.78, 5) is 3.42. The Bertz CT molecular complexity index is 1080. The Morgan fingerprint density at radius 1 is 1.10 bits per heavy atom. The fraction of sp³-hybridized carbons (Fsp3) is 0.517. The van der Waals surface area contributed by atoms with E-state index in [1.807, 2.05) is 0 Å². The average molecular weight is 415 g/mol. The number of hydrogen-bond acceptors (Lipinski definition) is 1. The average Bonchev–Trinajstić information content (AvgIpc) is 3.16. The molecule has 1 fully saturated rings. The lowest BCUT2D eigenvalue weighted by atomic mass is 9.49. The van der Waals surface area contributed by atoms with Crippen molar-refractivity contribution in [1.82, 2.24) is 10.3 Å². The molecule has 5 rings (SSSR count). The van der Waals surface area contributed by atoms with Crippen LogP contribution in [0.3, 0.4) is 0 Å². The summed E-state index contributed by atoms with van der Waals surface area (Å²) in [6.45, 7) is 11.8. The van der Waals surface area contributed by atoms with Crippen molar-refractivity contribution in [3.8, 4) is 0 Å². The number of aromatic amines is 1. The Morgan fingerprint density at radius 3 is 2.77 bits per heavy atom. The Labute approximate surface area is 187 Å². The predicted octanol–water partition coefficient (Wildman–Crippen LogP) is 7.09. The van der Waals surface area contributed by atoms with E-state index in [2.05, 4.69) is 86.7 Å². The van der Waals surface area contributed by atoms with Crippen molar-refractivity contribution < 1.29 is 0 Å². The molecule has 31 heavy (non-hydrogen) atoms. The second kappa shape index (κ2) is 7.81. The first-order valence-electron chi connectivity index (χ1n) is 12.3. The maximum absolute atomic E-state index is 3.87. The van der Waals surface area contributed by atoms with Gasteiger partial charge in [-0.15, -0.1) is 0 Å². The van der Waals surface area contributed by atoms with E-state index < -0.39 is 0 Å². The summed E-state index contributed by atoms with van der Waals surface area (Å²) < 4.78 is 0. The summed E-state index contributed by atoms with van der Waals surface area (Å²) in [5.41, 5.74) is 8.07. The molecule has 2 heteroatoms. The van der Waals surface area contributed by atoms with Gasteiger partial charge in [0.1, 0.15) is 0 Å². The van der Waals surface area contributed by atoms with Crippen LogP contribution in [0.5, 0.6) is 0 Å². The van der Waals surface area contributed by atoms with Crippen LogP contribution in [0, 0.1) is 11.3 Å². The van der Waals surface area contributed by atoms with Crippen LogP contribution in [0.25, 0.3) is 10.9 Å². The number of fused-ring (bicyclic) bond motifs is 4. The Balaban J connectivity index is 1.35. The van der Waals surface area contributed by atoms with E-state index in [1.54, 1.807) is 11.1 Å². The molecular formula is C29H38N2. The fourth-order valence-electron chi connectivity index (χ4n) is 6.98. The first kappa shape index (κ1) is 20.8. The molecule has 0 saturated heterocycles. The molecule has 3 aromatic rings. The molecule has 1 heterocycles. The van der Waals surface area contributed by atoms with Crippen LogP contribution < -0.4 is 5.32 Å². The van der Waals surface area contributed by atoms with Crippen LogP contribution in [-0.2, 0) is 18.4 Å². The van der Waals surface area contributed by atoms with Gasteiger partial charge in [-0.2, -0.15) is 0 Å². The number of benzene rings is 2. The van der Waals surface area contributed by atoms with Gasteiger partial charge in [0.25, 0.3) is 0 Å². The van der Waals surface area contributed by atoms with Gasteiger partial charge < -0.3 is 10.3 Å². The molecule has 1 aromatic heterocycles. The van der Waals surface area contributed by atoms with E-state index in [1.165, 1.54) is 54.1 Å². The van der Waals surface area contributed by atoms with Gasteiger partial charge >= 0.3 is 0 Å². The summed E-state index contributed by atoms with van der Waals surface area (Å²) >= 11 is 0. The van der Waals surface area contributed by atoms with Gasteiger partial charge in [-0.1, -0.05) is 70.5 Å². The lowest BCUT2D eigenvalue weighted by Crippen LogP contribution is -2.52. The smallest absolute Gasteiger partial charge is 0.0457 e. The number of para-hydroxylation sites is 1. The number of aromatic nitrogens is 1. The second-order valence-corrected chi connectivity index (χ2v) is 11.1. The van der Waals surface area contributed by atoms with Crippen LogP contribution in [0.2, 0.25) is 0 Å². The highest BCUT2D eigenvalue weighted by Gasteiger charge is 2.51. The summed E-state index contributed by atoms with van der Waals surface area (Å²) in [5, 5.41) is 5.22. The van der Waals surface area contributed by atoms with E-state index in [-0.39, 0.29) is 0 Å². The van der Waals surface area contributed by atoms with Gasteiger partial charge in [-0.25, -0.2) is 0 Å². The maximum atomic E-state index is 3.87. The molecule has 2 nitrogen and oxygen atoms in total. The molecular weight excluding hydrogens is 376 g/mol. The number of aryl methyl sites for hydroxylation is 1. The van der Waals surface area contributed by atoms with Gasteiger partial charge in [0.05, 0.1) is 0 Å². The highest BCUT2D eigenvalue weighted by Crippen LogP contribution is 2.57. The monoisotopic (exact) mass is 414 g/mol. The van der Waals surface area contributed by atoms with Crippen molar-refractivity contribution in [2.24, 2.45) is 11.3 Å². The molecule has 0 aliphatic heterocycles. The van der Waals surface area contributed by atoms with Crippen LogP contribution in [0.1, 0.15) is 81.5 Å². The van der Waals surface area contributed by atoms with Gasteiger partial charge in [-0.05, 0) is 76.7 Å². The third-order valence-electron chi connectivity index (χ3n) is 8.69. The highest BCUT2D eigenvalue weighted by molar-refractivity contribution is 5.82. The fourth-order valence-corrected chi connectivity index (χ4v) is 6.98. The van der Waals surface area contributed by atoms with Crippen molar-refractivity contribution in [2.75, 3.05) is 6.54 Å². The quantitative estimate of drug-likeness (QED) is 0.458. The highest BCUT2D eigenvalue weighted by atomic mass is 14.9. The van der Waals surface area contributed by atoms with Crippen molar-refractivity contribution in [2.45, 2.75) is 77.7 Å². The summed E-state index contributed by atoms with van der Waals surface area (Å²) in [6.07, 6.45) is 8.76. The zero-order chi connectivity index (χ0) is 21.6. The molecule has 2 aliphatic rings. The summed E-state index contributed by atoms with van der Waals surface area (Å²) in [5.74, 6) is 1.36. The minimum Gasteiger partial charge on any atom is -0.361 e. The molecule has 1 saturated carbocycles. The zero-order valence-corrected chi connectivity index (χ0v) is 19.7. The van der Waals surface area contributed by atoms with E-state index in [0.29, 0.717) is 16.7 Å². The first-order valence-corrected chi connectivity index (χ1v) is 12.3. The molecule has 2 N–H and O–H groups in total. The summed E-state index contributed by atoms with van der Waals surface area (Å²) in [6, 6.07) is 16.0. The SMILES string of the molecule is CC(C)c1ccc2c(c1)CCC1C(C)(CNCc3c[nH]c4ccccc34)CCCC21C. The van der Waals surface area contributed by atoms with Gasteiger partial charge in [0.15, 0.2) is 0 Å². The van der Waals surface area contributed by atoms with Crippen LogP contribution in [0.4, 0.5) is 0 Å². The number of H-pyrrole nitrogens is 1. The van der Waals surface area contributed by atoms with Crippen molar-refractivity contribution in [1.29, 1.82) is 0 Å². The lowest BCUT2D eigenvalue weighted by molar-refractivity contribution is 0.0257. The van der Waals surface area contributed by atoms with E-state index >= 15 is 0 Å². The lowest BCUT2D eigenvalue weighted by Gasteiger charge is -2.55. The number of nitrogens with one attached hydrogen (secondary N) is 2. The molecule has 0 amide bonds. The van der Waals surface area contributed by atoms with E-state index in [9.17, 15) is 0 Å². The van der Waals surface area contributed by atoms with Crippen molar-refractivity contribution in [3.63, 3.8) is 0 Å². The Morgan fingerprint density at radius 2 is 1.94 bits per heavy atom. The number of hydrogen-bond donors (Lipinski definition) is 2. The van der Waals surface area contributed by atoms with Crippen molar-refractivity contribution >= 4 is 10.9 Å². The van der Waals surface area contributed by atoms with Crippen LogP contribution in [-0.4, -0.2) is 11.5 Å². The third-order valence-corrected chi connectivity index (χ3v) is 8.69. The zero-order valence-electron chi connectivity index (χ0n) is 19.7. The van der Waals surface area contributed by atoms with Gasteiger partial charge in [-0.3, -0.25) is 0 Å². The van der Waals surface area contributed by atoms with Gasteiger partial charge in [0.2, 0.25) is 0 Å². The first-order chi connectivity index (χ1) is 14.9. The molecule has 2 aromatic carbocycles. The standard InChI is InChI=1S/C29H38N2/c1-20(2)21-10-12-25-22(16-21)11-13-27-28(3,14-7-15-29(25,27)4)19-30-17-23-18-31-26-9-6-5-8-24(23)26/h5-6,8-10,12,16,18,20,27,30-31H,7,11,13-15,17,19H2,1-4H3. The third kappa shape index (κ3) is 3.53. The summed E-state index contributed by atoms with van der Waals surface area (Å²) in [7, 11) is 0. The largest absolute Gasteiger partial charge is 0.361 e. The van der Waals surface area contributed by atoms with Crippen LogP contribution in [0.15, 0.2) is 48.7 Å². The van der Waals surface area contributed by atoms with Crippen LogP contribution >= 0.6 is 0 Å². The number of rotatable bonds is 5. The Hall–Kier alpha value is -2.06. The predicted molar refractivity (Wildman–Crippen MR) is 132 cm³/mol. The van der Waals surface area contributed by atoms with Crippen molar-refractivity contribution in [3.05, 3.63) is 70.9 Å². The molecule has 0 radical (unpaired) electrons. The minimum absolute atomic E-state index is 0.318. The molecule has 3 unspecified atom stereocenters. The topological polar surface area (TPSA) is 27.8 Å². The van der Waals surface area contributed by atoms with Gasteiger partial charge in [0, 0.05) is 30.2 Å². The molecule has 0 bridgehead atoms. The maximum Gasteiger partial charge on any atom is 0.0457 e. The van der Waals surface area contributed by atoms with E-state index in [0.717, 1.165) is 19.0 Å². The normalized spacial score (nSPS) is 28.0.